The predicted molar refractivity (Wildman–Crippen MR) is 109 cm³/mol. The van der Waals surface area contributed by atoms with E-state index in [0.717, 1.165) is 16.7 Å². The minimum absolute atomic E-state index is 0.151. The number of hydrogen-bond acceptors (Lipinski definition) is 3. The maximum absolute atomic E-state index is 13.1. The maximum Gasteiger partial charge on any atom is 0.415 e. The van der Waals surface area contributed by atoms with E-state index in [0.29, 0.717) is 5.70 Å². The lowest BCUT2D eigenvalue weighted by Gasteiger charge is -2.36. The van der Waals surface area contributed by atoms with Crippen LogP contribution >= 0.6 is 0 Å². The van der Waals surface area contributed by atoms with Crippen LogP contribution in [0.25, 0.3) is 6.08 Å². The monoisotopic (exact) mass is 378 g/mol. The summed E-state index contributed by atoms with van der Waals surface area (Å²) in [6.45, 7) is 7.72. The number of fused-ring (bicyclic) bond motifs is 1. The van der Waals surface area contributed by atoms with Crippen LogP contribution in [-0.2, 0) is 16.1 Å². The van der Waals surface area contributed by atoms with E-state index in [1.54, 1.807) is 0 Å². The van der Waals surface area contributed by atoms with Gasteiger partial charge in [-0.3, -0.25) is 9.69 Å². The van der Waals surface area contributed by atoms with Crippen LogP contribution in [0.3, 0.4) is 0 Å². The Bertz CT molecular complexity index is 898. The molecule has 0 aliphatic carbocycles. The molecule has 1 N–H and O–H groups in total. The van der Waals surface area contributed by atoms with E-state index in [-0.39, 0.29) is 12.5 Å². The quantitative estimate of drug-likeness (QED) is 0.845. The standard InChI is InChI=1S/C23H26N2O3/c1-16-14-18-12-8-9-13-19(18)20(21(26)24-23(2,3)4)25(16)22(27)28-15-17-10-6-5-7-11-17/h5-14,20H,15H2,1-4H3,(H,24,26). The van der Waals surface area contributed by atoms with Crippen molar-refractivity contribution in [2.75, 3.05) is 0 Å². The third-order valence-electron chi connectivity index (χ3n) is 4.44. The Morgan fingerprint density at radius 1 is 1.04 bits per heavy atom. The number of rotatable bonds is 3. The highest BCUT2D eigenvalue weighted by Gasteiger charge is 2.38. The topological polar surface area (TPSA) is 58.6 Å². The highest BCUT2D eigenvalue weighted by Crippen LogP contribution is 2.35. The van der Waals surface area contributed by atoms with Crippen molar-refractivity contribution in [2.45, 2.75) is 45.9 Å². The average molecular weight is 378 g/mol. The summed E-state index contributed by atoms with van der Waals surface area (Å²) in [4.78, 5) is 27.5. The number of ether oxygens (including phenoxy) is 1. The van der Waals surface area contributed by atoms with Crippen LogP contribution < -0.4 is 5.32 Å². The van der Waals surface area contributed by atoms with Crippen molar-refractivity contribution in [3.8, 4) is 0 Å². The molecule has 5 nitrogen and oxygen atoms in total. The number of amides is 2. The Hall–Kier alpha value is -3.08. The summed E-state index contributed by atoms with van der Waals surface area (Å²) < 4.78 is 5.53. The molecule has 1 atom stereocenters. The summed E-state index contributed by atoms with van der Waals surface area (Å²) in [6, 6.07) is 16.3. The van der Waals surface area contributed by atoms with Crippen LogP contribution in [0, 0.1) is 0 Å². The Morgan fingerprint density at radius 2 is 1.68 bits per heavy atom. The van der Waals surface area contributed by atoms with Crippen LogP contribution in [0.5, 0.6) is 0 Å². The summed E-state index contributed by atoms with van der Waals surface area (Å²) in [5.74, 6) is -0.232. The summed E-state index contributed by atoms with van der Waals surface area (Å²) in [7, 11) is 0. The van der Waals surface area contributed by atoms with Gasteiger partial charge in [0, 0.05) is 11.2 Å². The lowest BCUT2D eigenvalue weighted by molar-refractivity contribution is -0.127. The maximum atomic E-state index is 13.1. The van der Waals surface area contributed by atoms with Crippen molar-refractivity contribution >= 4 is 18.1 Å². The van der Waals surface area contributed by atoms with Gasteiger partial charge in [0.1, 0.15) is 12.6 Å². The molecule has 0 saturated heterocycles. The zero-order valence-electron chi connectivity index (χ0n) is 16.7. The van der Waals surface area contributed by atoms with Gasteiger partial charge < -0.3 is 10.1 Å². The van der Waals surface area contributed by atoms with E-state index in [1.807, 2.05) is 88.4 Å². The van der Waals surface area contributed by atoms with Crippen molar-refractivity contribution in [2.24, 2.45) is 0 Å². The molecular weight excluding hydrogens is 352 g/mol. The normalized spacial score (nSPS) is 16.1. The molecule has 28 heavy (non-hydrogen) atoms. The van der Waals surface area contributed by atoms with E-state index in [2.05, 4.69) is 5.32 Å². The molecule has 3 rings (SSSR count). The van der Waals surface area contributed by atoms with Crippen molar-refractivity contribution in [1.29, 1.82) is 0 Å². The zero-order chi connectivity index (χ0) is 20.3. The van der Waals surface area contributed by atoms with Gasteiger partial charge in [-0.15, -0.1) is 0 Å². The number of hydrogen-bond donors (Lipinski definition) is 1. The van der Waals surface area contributed by atoms with E-state index >= 15 is 0 Å². The van der Waals surface area contributed by atoms with Gasteiger partial charge >= 0.3 is 6.09 Å². The van der Waals surface area contributed by atoms with Gasteiger partial charge in [0.25, 0.3) is 0 Å². The molecular formula is C23H26N2O3. The van der Waals surface area contributed by atoms with Crippen LogP contribution in [0.2, 0.25) is 0 Å². The number of nitrogens with zero attached hydrogens (tertiary/aromatic N) is 1. The van der Waals surface area contributed by atoms with Crippen molar-refractivity contribution < 1.29 is 14.3 Å². The molecule has 2 aromatic carbocycles. The molecule has 0 saturated carbocycles. The van der Waals surface area contributed by atoms with E-state index < -0.39 is 17.7 Å². The first kappa shape index (κ1) is 19.7. The SMILES string of the molecule is CC1=Cc2ccccc2C(C(=O)NC(C)(C)C)N1C(=O)OCc1ccccc1. The minimum atomic E-state index is -0.774. The lowest BCUT2D eigenvalue weighted by Crippen LogP contribution is -2.49. The van der Waals surface area contributed by atoms with Gasteiger partial charge in [-0.1, -0.05) is 54.6 Å². The second-order valence-corrected chi connectivity index (χ2v) is 7.97. The molecule has 2 aromatic rings. The Kier molecular flexibility index (Phi) is 5.54. The summed E-state index contributed by atoms with van der Waals surface area (Å²) in [5.41, 5.74) is 2.87. The zero-order valence-corrected chi connectivity index (χ0v) is 16.7. The molecule has 0 radical (unpaired) electrons. The third-order valence-corrected chi connectivity index (χ3v) is 4.44. The van der Waals surface area contributed by atoms with E-state index in [4.69, 9.17) is 4.74 Å². The van der Waals surface area contributed by atoms with Crippen LogP contribution in [0.15, 0.2) is 60.3 Å². The first-order valence-corrected chi connectivity index (χ1v) is 9.35. The molecule has 5 heteroatoms. The number of carbonyl (C=O) groups is 2. The van der Waals surface area contributed by atoms with Gasteiger partial charge in [-0.05, 0) is 50.5 Å². The summed E-state index contributed by atoms with van der Waals surface area (Å²) in [6.07, 6.45) is 1.36. The molecule has 146 valence electrons. The number of carbonyl (C=O) groups excluding carboxylic acids is 2. The van der Waals surface area contributed by atoms with Gasteiger partial charge in [-0.25, -0.2) is 4.79 Å². The van der Waals surface area contributed by atoms with Gasteiger partial charge in [0.05, 0.1) is 0 Å². The molecule has 1 aliphatic rings. The van der Waals surface area contributed by atoms with E-state index in [1.165, 1.54) is 4.90 Å². The van der Waals surface area contributed by atoms with E-state index in [9.17, 15) is 9.59 Å². The van der Waals surface area contributed by atoms with Crippen LogP contribution in [0.4, 0.5) is 4.79 Å². The molecule has 0 bridgehead atoms. The molecule has 1 unspecified atom stereocenters. The average Bonchev–Trinajstić information content (AvgIpc) is 2.64. The Balaban J connectivity index is 1.90. The largest absolute Gasteiger partial charge is 0.444 e. The van der Waals surface area contributed by atoms with Gasteiger partial charge in [0.2, 0.25) is 5.91 Å². The van der Waals surface area contributed by atoms with Crippen molar-refractivity contribution in [3.05, 3.63) is 77.0 Å². The molecule has 1 heterocycles. The fourth-order valence-electron chi connectivity index (χ4n) is 3.26. The lowest BCUT2D eigenvalue weighted by atomic mass is 9.93. The fourth-order valence-corrected chi connectivity index (χ4v) is 3.26. The Labute approximate surface area is 166 Å². The highest BCUT2D eigenvalue weighted by molar-refractivity contribution is 5.91. The molecule has 0 spiro atoms. The second-order valence-electron chi connectivity index (χ2n) is 7.97. The van der Waals surface area contributed by atoms with Crippen molar-refractivity contribution in [3.63, 3.8) is 0 Å². The number of allylic oxidation sites excluding steroid dienone is 1. The first-order valence-electron chi connectivity index (χ1n) is 9.35. The van der Waals surface area contributed by atoms with Crippen LogP contribution in [-0.4, -0.2) is 22.4 Å². The van der Waals surface area contributed by atoms with Gasteiger partial charge in [0.15, 0.2) is 0 Å². The second kappa shape index (κ2) is 7.89. The summed E-state index contributed by atoms with van der Waals surface area (Å²) >= 11 is 0. The Morgan fingerprint density at radius 3 is 2.36 bits per heavy atom. The first-order chi connectivity index (χ1) is 13.3. The van der Waals surface area contributed by atoms with Crippen molar-refractivity contribution in [1.82, 2.24) is 10.2 Å². The highest BCUT2D eigenvalue weighted by atomic mass is 16.6. The predicted octanol–water partition coefficient (Wildman–Crippen LogP) is 4.66. The molecule has 1 aliphatic heterocycles. The number of benzene rings is 2. The summed E-state index contributed by atoms with van der Waals surface area (Å²) in [5, 5.41) is 2.99. The van der Waals surface area contributed by atoms with Crippen LogP contribution in [0.1, 0.15) is 50.4 Å². The number of nitrogens with one attached hydrogen (secondary N) is 1. The fraction of sp³-hybridized carbons (Fsp3) is 0.304. The smallest absolute Gasteiger partial charge is 0.415 e. The third kappa shape index (κ3) is 4.42. The molecule has 0 aromatic heterocycles. The molecule has 2 amide bonds. The molecule has 0 fully saturated rings. The minimum Gasteiger partial charge on any atom is -0.444 e. The van der Waals surface area contributed by atoms with Gasteiger partial charge in [-0.2, -0.15) is 0 Å².